The van der Waals surface area contributed by atoms with Crippen LogP contribution in [0.1, 0.15) is 72.0 Å². The molecule has 2 aliphatic heterocycles. The lowest BCUT2D eigenvalue weighted by Gasteiger charge is -2.26. The summed E-state index contributed by atoms with van der Waals surface area (Å²) in [5.41, 5.74) is 5.09. The maximum Gasteiger partial charge on any atom is 0.266 e. The van der Waals surface area contributed by atoms with E-state index in [2.05, 4.69) is 13.8 Å². The molecule has 2 aliphatic rings. The molecule has 0 spiro atoms. The van der Waals surface area contributed by atoms with Crippen LogP contribution in [0.5, 0.6) is 23.0 Å². The Labute approximate surface area is 300 Å². The number of anilines is 2. The Morgan fingerprint density at radius 2 is 0.846 bits per heavy atom. The van der Waals surface area contributed by atoms with Crippen molar-refractivity contribution in [1.29, 1.82) is 0 Å². The number of nitrogens with zero attached hydrogens (tertiary/aromatic N) is 2. The van der Waals surface area contributed by atoms with Crippen molar-refractivity contribution < 1.29 is 28.7 Å². The van der Waals surface area contributed by atoms with Gasteiger partial charge in [0, 0.05) is 5.41 Å². The van der Waals surface area contributed by atoms with Crippen molar-refractivity contribution in [2.45, 2.75) is 26.2 Å². The molecule has 6 aromatic carbocycles. The first kappa shape index (κ1) is 32.4. The van der Waals surface area contributed by atoms with Crippen molar-refractivity contribution >= 4 is 35.0 Å². The predicted octanol–water partition coefficient (Wildman–Crippen LogP) is 9.51. The number of rotatable bonds is 8. The van der Waals surface area contributed by atoms with E-state index in [9.17, 15) is 19.2 Å². The zero-order valence-corrected chi connectivity index (χ0v) is 28.6. The van der Waals surface area contributed by atoms with E-state index in [0.29, 0.717) is 56.6 Å². The van der Waals surface area contributed by atoms with Gasteiger partial charge in [-0.25, -0.2) is 9.80 Å². The van der Waals surface area contributed by atoms with Gasteiger partial charge in [-0.2, -0.15) is 0 Å². The van der Waals surface area contributed by atoms with Crippen molar-refractivity contribution in [1.82, 2.24) is 0 Å². The molecule has 0 radical (unpaired) electrons. The minimum atomic E-state index is -0.380. The lowest BCUT2D eigenvalue weighted by molar-refractivity contribution is 0.0910. The maximum absolute atomic E-state index is 13.3. The first-order chi connectivity index (χ1) is 25.1. The van der Waals surface area contributed by atoms with Gasteiger partial charge in [0.1, 0.15) is 23.0 Å². The molecule has 254 valence electrons. The number of imide groups is 2. The van der Waals surface area contributed by atoms with Crippen LogP contribution in [-0.2, 0) is 5.41 Å². The molecule has 8 rings (SSSR count). The average Bonchev–Trinajstić information content (AvgIpc) is 3.55. The quantitative estimate of drug-likeness (QED) is 0.148. The van der Waals surface area contributed by atoms with Crippen molar-refractivity contribution in [3.05, 3.63) is 178 Å². The summed E-state index contributed by atoms with van der Waals surface area (Å²) in [7, 11) is 0. The fourth-order valence-electron chi connectivity index (χ4n) is 6.70. The molecule has 0 bridgehead atoms. The Morgan fingerprint density at radius 3 is 1.33 bits per heavy atom. The number of hydrogen-bond donors (Lipinski definition) is 0. The van der Waals surface area contributed by atoms with Gasteiger partial charge in [0.15, 0.2) is 0 Å². The van der Waals surface area contributed by atoms with Crippen LogP contribution in [0.15, 0.2) is 140 Å². The summed E-state index contributed by atoms with van der Waals surface area (Å²) in [4.78, 5) is 54.9. The minimum Gasteiger partial charge on any atom is -0.457 e. The van der Waals surface area contributed by atoms with Crippen molar-refractivity contribution in [2.24, 2.45) is 0 Å². The van der Waals surface area contributed by atoms with Crippen LogP contribution < -0.4 is 19.3 Å². The first-order valence-corrected chi connectivity index (χ1v) is 16.8. The van der Waals surface area contributed by atoms with E-state index >= 15 is 0 Å². The van der Waals surface area contributed by atoms with E-state index in [1.807, 2.05) is 79.7 Å². The van der Waals surface area contributed by atoms with Crippen LogP contribution >= 0.6 is 0 Å². The maximum atomic E-state index is 13.3. The SMILES string of the molecule is Cc1cccc(N2C(=O)c3ccc(Oc4ccc(C(C)(C)c5ccc(Oc6ccc7c(c6)C(=O)N(c6ccccc6)C7=O)cc5)cc4)cc3C2=O)c1. The van der Waals surface area contributed by atoms with Gasteiger partial charge in [-0.1, -0.05) is 68.4 Å². The third-order valence-corrected chi connectivity index (χ3v) is 9.61. The number of carbonyl (C=O) groups excluding carboxylic acids is 4. The topological polar surface area (TPSA) is 93.2 Å². The summed E-state index contributed by atoms with van der Waals surface area (Å²) < 4.78 is 12.2. The molecule has 52 heavy (non-hydrogen) atoms. The molecular weight excluding hydrogens is 652 g/mol. The summed E-state index contributed by atoms with van der Waals surface area (Å²) in [6.45, 7) is 6.17. The lowest BCUT2D eigenvalue weighted by atomic mass is 9.78. The molecule has 0 saturated carbocycles. The number of carbonyl (C=O) groups is 4. The van der Waals surface area contributed by atoms with Crippen molar-refractivity contribution in [3.63, 3.8) is 0 Å². The second kappa shape index (κ2) is 12.5. The minimum absolute atomic E-state index is 0.307. The summed E-state index contributed by atoms with van der Waals surface area (Å²) in [6.07, 6.45) is 0. The van der Waals surface area contributed by atoms with Gasteiger partial charge in [0.25, 0.3) is 23.6 Å². The number of benzene rings is 6. The second-order valence-corrected chi connectivity index (χ2v) is 13.4. The molecule has 8 nitrogen and oxygen atoms in total. The van der Waals surface area contributed by atoms with Crippen LogP contribution in [0, 0.1) is 6.92 Å². The highest BCUT2D eigenvalue weighted by molar-refractivity contribution is 6.35. The van der Waals surface area contributed by atoms with Gasteiger partial charge in [-0.15, -0.1) is 0 Å². The Balaban J connectivity index is 0.940. The Kier molecular flexibility index (Phi) is 7.80. The molecule has 0 fully saturated rings. The molecule has 0 aliphatic carbocycles. The van der Waals surface area contributed by atoms with Gasteiger partial charge < -0.3 is 9.47 Å². The molecule has 0 unspecified atom stereocenters. The Bertz CT molecular complexity index is 2420. The largest absolute Gasteiger partial charge is 0.457 e. The summed E-state index contributed by atoms with van der Waals surface area (Å²) in [6, 6.07) is 41.6. The van der Waals surface area contributed by atoms with Crippen LogP contribution in [0.4, 0.5) is 11.4 Å². The van der Waals surface area contributed by atoms with Crippen molar-refractivity contribution in [2.75, 3.05) is 9.80 Å². The normalized spacial score (nSPS) is 13.8. The molecule has 2 heterocycles. The van der Waals surface area contributed by atoms with Gasteiger partial charge in [0.2, 0.25) is 0 Å². The van der Waals surface area contributed by atoms with Gasteiger partial charge in [-0.3, -0.25) is 19.2 Å². The summed E-state index contributed by atoms with van der Waals surface area (Å²) in [5, 5.41) is 0. The molecule has 4 amide bonds. The molecule has 0 aromatic heterocycles. The molecule has 0 atom stereocenters. The zero-order valence-electron chi connectivity index (χ0n) is 28.6. The fraction of sp³-hybridized carbons (Fsp3) is 0.0909. The first-order valence-electron chi connectivity index (χ1n) is 16.8. The molecule has 0 saturated heterocycles. The van der Waals surface area contributed by atoms with E-state index in [0.717, 1.165) is 16.7 Å². The van der Waals surface area contributed by atoms with E-state index < -0.39 is 0 Å². The molecule has 8 heteroatoms. The highest BCUT2D eigenvalue weighted by Gasteiger charge is 2.38. The van der Waals surface area contributed by atoms with Gasteiger partial charge in [-0.05, 0) is 109 Å². The molecule has 6 aromatic rings. The number of amides is 4. The number of para-hydroxylation sites is 1. The standard InChI is InChI=1S/C44H32N2O6/c1-27-8-7-11-31(24-27)46-41(48)37-23-21-35(26-39(37)43(46)50)52-33-18-14-29(15-19-33)44(2,3)28-12-16-32(17-13-28)51-34-20-22-36-38(25-34)42(49)45(40(36)47)30-9-5-4-6-10-30/h4-26H,1-3H3. The fourth-order valence-corrected chi connectivity index (χ4v) is 6.70. The lowest BCUT2D eigenvalue weighted by Crippen LogP contribution is -2.29. The highest BCUT2D eigenvalue weighted by Crippen LogP contribution is 2.37. The van der Waals surface area contributed by atoms with Gasteiger partial charge >= 0.3 is 0 Å². The smallest absolute Gasteiger partial charge is 0.266 e. The number of ether oxygens (including phenoxy) is 2. The van der Waals surface area contributed by atoms with Crippen LogP contribution in [0.3, 0.4) is 0 Å². The summed E-state index contributed by atoms with van der Waals surface area (Å²) in [5.74, 6) is 0.645. The third kappa shape index (κ3) is 5.60. The van der Waals surface area contributed by atoms with E-state index in [-0.39, 0.29) is 29.0 Å². The van der Waals surface area contributed by atoms with Crippen molar-refractivity contribution in [3.8, 4) is 23.0 Å². The Morgan fingerprint density at radius 1 is 0.423 bits per heavy atom. The predicted molar refractivity (Wildman–Crippen MR) is 198 cm³/mol. The number of fused-ring (bicyclic) bond motifs is 2. The van der Waals surface area contributed by atoms with Crippen LogP contribution in [-0.4, -0.2) is 23.6 Å². The van der Waals surface area contributed by atoms with Gasteiger partial charge in [0.05, 0.1) is 33.6 Å². The average molecular weight is 685 g/mol. The number of hydrogen-bond acceptors (Lipinski definition) is 6. The van der Waals surface area contributed by atoms with E-state index in [1.165, 1.54) is 9.80 Å². The van der Waals surface area contributed by atoms with E-state index in [1.54, 1.807) is 66.7 Å². The molecule has 0 N–H and O–H groups in total. The van der Waals surface area contributed by atoms with E-state index in [4.69, 9.17) is 9.47 Å². The highest BCUT2D eigenvalue weighted by atomic mass is 16.5. The van der Waals surface area contributed by atoms with Crippen LogP contribution in [0.2, 0.25) is 0 Å². The monoisotopic (exact) mass is 684 g/mol. The zero-order chi connectivity index (χ0) is 36.1. The Hall–Kier alpha value is -6.80. The van der Waals surface area contributed by atoms with Crippen LogP contribution in [0.25, 0.3) is 0 Å². The summed E-state index contributed by atoms with van der Waals surface area (Å²) >= 11 is 0. The molecular formula is C44H32N2O6. The number of aryl methyl sites for hydroxylation is 1. The third-order valence-electron chi connectivity index (χ3n) is 9.61. The second-order valence-electron chi connectivity index (χ2n) is 13.4.